The zero-order valence-corrected chi connectivity index (χ0v) is 12.2. The smallest absolute Gasteiger partial charge is 0.404 e. The number of primary amides is 1. The van der Waals surface area contributed by atoms with Crippen molar-refractivity contribution < 1.29 is 19.4 Å². The van der Waals surface area contributed by atoms with Crippen molar-refractivity contribution in [2.45, 2.75) is 18.6 Å². The number of carbonyl (C=O) groups is 2. The molecule has 8 heteroatoms. The van der Waals surface area contributed by atoms with Crippen LogP contribution in [0.2, 0.25) is 0 Å². The standard InChI is InChI=1S/C13H15N3O4S/c1-8-2-3-9-10(6-8)16(4-5-20-12(14)19)13(15-9)21-7-11(17)18/h2-3,6H,4-5,7H2,1H3,(H2,14,19)(H,17,18). The van der Waals surface area contributed by atoms with E-state index >= 15 is 0 Å². The van der Waals surface area contributed by atoms with E-state index in [1.54, 1.807) is 0 Å². The summed E-state index contributed by atoms with van der Waals surface area (Å²) in [5.74, 6) is -0.998. The lowest BCUT2D eigenvalue weighted by molar-refractivity contribution is -0.133. The molecule has 0 spiro atoms. The Hall–Kier alpha value is -2.22. The first kappa shape index (κ1) is 15.2. The van der Waals surface area contributed by atoms with E-state index < -0.39 is 12.1 Å². The number of aromatic nitrogens is 2. The van der Waals surface area contributed by atoms with Gasteiger partial charge in [-0.25, -0.2) is 9.78 Å². The Morgan fingerprint density at radius 1 is 1.48 bits per heavy atom. The number of amides is 1. The average Bonchev–Trinajstić information content (AvgIpc) is 2.74. The number of nitrogens with zero attached hydrogens (tertiary/aromatic N) is 2. The summed E-state index contributed by atoms with van der Waals surface area (Å²) in [6, 6.07) is 5.77. The van der Waals surface area contributed by atoms with Crippen molar-refractivity contribution >= 4 is 34.9 Å². The molecule has 0 unspecified atom stereocenters. The molecule has 3 N–H and O–H groups in total. The van der Waals surface area contributed by atoms with E-state index in [0.29, 0.717) is 11.7 Å². The van der Waals surface area contributed by atoms with Crippen molar-refractivity contribution in [2.75, 3.05) is 12.4 Å². The van der Waals surface area contributed by atoms with Gasteiger partial charge in [0.2, 0.25) is 0 Å². The maximum atomic E-state index is 10.7. The van der Waals surface area contributed by atoms with E-state index in [1.165, 1.54) is 0 Å². The second-order valence-electron chi connectivity index (χ2n) is 4.39. The molecule has 1 aromatic carbocycles. The van der Waals surface area contributed by atoms with Crippen molar-refractivity contribution in [3.05, 3.63) is 23.8 Å². The summed E-state index contributed by atoms with van der Waals surface area (Å²) in [5, 5.41) is 9.36. The molecule has 0 saturated heterocycles. The summed E-state index contributed by atoms with van der Waals surface area (Å²) in [4.78, 5) is 25.8. The van der Waals surface area contributed by atoms with Gasteiger partial charge in [-0.1, -0.05) is 17.8 Å². The van der Waals surface area contributed by atoms with Gasteiger partial charge in [-0.2, -0.15) is 0 Å². The molecule has 0 saturated carbocycles. The first-order valence-electron chi connectivity index (χ1n) is 6.21. The molecular weight excluding hydrogens is 294 g/mol. The number of ether oxygens (including phenoxy) is 1. The van der Waals surface area contributed by atoms with E-state index in [1.807, 2.05) is 29.7 Å². The number of imidazole rings is 1. The van der Waals surface area contributed by atoms with Gasteiger partial charge in [0.1, 0.15) is 6.61 Å². The fraction of sp³-hybridized carbons (Fsp3) is 0.308. The summed E-state index contributed by atoms with van der Waals surface area (Å²) in [5.41, 5.74) is 7.64. The summed E-state index contributed by atoms with van der Waals surface area (Å²) in [6.07, 6.45) is -0.838. The van der Waals surface area contributed by atoms with Crippen LogP contribution >= 0.6 is 11.8 Å². The van der Waals surface area contributed by atoms with Crippen LogP contribution < -0.4 is 5.73 Å². The Morgan fingerprint density at radius 3 is 2.90 bits per heavy atom. The van der Waals surface area contributed by atoms with Gasteiger partial charge in [-0.15, -0.1) is 0 Å². The predicted octanol–water partition coefficient (Wildman–Crippen LogP) is 1.62. The molecule has 0 atom stereocenters. The molecule has 1 amide bonds. The number of nitrogens with two attached hydrogens (primary N) is 1. The van der Waals surface area contributed by atoms with Crippen LogP contribution in [0.5, 0.6) is 0 Å². The average molecular weight is 309 g/mol. The van der Waals surface area contributed by atoms with Gasteiger partial charge in [0.25, 0.3) is 0 Å². The Labute approximate surface area is 125 Å². The number of rotatable bonds is 6. The van der Waals surface area contributed by atoms with Crippen LogP contribution in [-0.4, -0.2) is 39.1 Å². The lowest BCUT2D eigenvalue weighted by atomic mass is 10.2. The number of aryl methyl sites for hydroxylation is 1. The second kappa shape index (κ2) is 6.49. The van der Waals surface area contributed by atoms with Gasteiger partial charge in [0, 0.05) is 0 Å². The van der Waals surface area contributed by atoms with E-state index in [2.05, 4.69) is 4.98 Å². The zero-order valence-electron chi connectivity index (χ0n) is 11.4. The molecule has 0 aliphatic heterocycles. The number of hydrogen-bond acceptors (Lipinski definition) is 5. The third-order valence-corrected chi connectivity index (χ3v) is 3.71. The maximum Gasteiger partial charge on any atom is 0.404 e. The van der Waals surface area contributed by atoms with Crippen molar-refractivity contribution in [1.82, 2.24) is 9.55 Å². The van der Waals surface area contributed by atoms with Crippen molar-refractivity contribution in [3.8, 4) is 0 Å². The minimum absolute atomic E-state index is 0.0843. The van der Waals surface area contributed by atoms with Gasteiger partial charge in [0.15, 0.2) is 5.16 Å². The number of thioether (sulfide) groups is 1. The molecule has 0 fully saturated rings. The van der Waals surface area contributed by atoms with Crippen LogP contribution in [0.1, 0.15) is 5.56 Å². The van der Waals surface area contributed by atoms with Crippen LogP contribution in [0, 0.1) is 6.92 Å². The third kappa shape index (κ3) is 3.88. The number of carboxylic acid groups (broad SMARTS) is 1. The number of benzene rings is 1. The van der Waals surface area contributed by atoms with Gasteiger partial charge >= 0.3 is 12.1 Å². The summed E-state index contributed by atoms with van der Waals surface area (Å²) in [7, 11) is 0. The van der Waals surface area contributed by atoms with E-state index in [-0.39, 0.29) is 12.4 Å². The zero-order chi connectivity index (χ0) is 15.4. The van der Waals surface area contributed by atoms with Gasteiger partial charge in [-0.3, -0.25) is 4.79 Å². The van der Waals surface area contributed by atoms with Crippen LogP contribution in [-0.2, 0) is 16.1 Å². The number of aliphatic carboxylic acids is 1. The van der Waals surface area contributed by atoms with Gasteiger partial charge < -0.3 is 20.1 Å². The Morgan fingerprint density at radius 2 is 2.24 bits per heavy atom. The number of fused-ring (bicyclic) bond motifs is 1. The van der Waals surface area contributed by atoms with E-state index in [4.69, 9.17) is 15.6 Å². The quantitative estimate of drug-likeness (QED) is 0.785. The van der Waals surface area contributed by atoms with Crippen LogP contribution in [0.3, 0.4) is 0 Å². The Bertz CT molecular complexity index is 683. The van der Waals surface area contributed by atoms with Gasteiger partial charge in [0.05, 0.1) is 23.3 Å². The summed E-state index contributed by atoms with van der Waals surface area (Å²) in [6.45, 7) is 2.43. The van der Waals surface area contributed by atoms with Crippen LogP contribution in [0.4, 0.5) is 4.79 Å². The molecule has 112 valence electrons. The highest BCUT2D eigenvalue weighted by molar-refractivity contribution is 7.99. The fourth-order valence-electron chi connectivity index (χ4n) is 1.90. The Balaban J connectivity index is 2.30. The SMILES string of the molecule is Cc1ccc2nc(SCC(=O)O)n(CCOC(N)=O)c2c1. The minimum atomic E-state index is -0.914. The van der Waals surface area contributed by atoms with Crippen molar-refractivity contribution in [3.63, 3.8) is 0 Å². The molecule has 7 nitrogen and oxygen atoms in total. The molecule has 0 aliphatic carbocycles. The molecule has 2 rings (SSSR count). The normalized spacial score (nSPS) is 10.7. The molecule has 0 aliphatic rings. The summed E-state index contributed by atoms with van der Waals surface area (Å²) >= 11 is 1.13. The highest BCUT2D eigenvalue weighted by Gasteiger charge is 2.13. The molecule has 1 heterocycles. The molecule has 21 heavy (non-hydrogen) atoms. The molecule has 0 radical (unpaired) electrons. The molecule has 1 aromatic heterocycles. The fourth-order valence-corrected chi connectivity index (χ4v) is 2.66. The first-order valence-corrected chi connectivity index (χ1v) is 7.19. The number of carbonyl (C=O) groups excluding carboxylic acids is 1. The second-order valence-corrected chi connectivity index (χ2v) is 5.33. The molecule has 0 bridgehead atoms. The highest BCUT2D eigenvalue weighted by Crippen LogP contribution is 2.24. The maximum absolute atomic E-state index is 10.7. The van der Waals surface area contributed by atoms with Crippen LogP contribution in [0.25, 0.3) is 11.0 Å². The van der Waals surface area contributed by atoms with Crippen molar-refractivity contribution in [2.24, 2.45) is 5.73 Å². The Kier molecular flexibility index (Phi) is 4.69. The lowest BCUT2D eigenvalue weighted by Gasteiger charge is -2.08. The van der Waals surface area contributed by atoms with E-state index in [0.717, 1.165) is 28.4 Å². The number of carboxylic acids is 1. The lowest BCUT2D eigenvalue weighted by Crippen LogP contribution is -2.17. The third-order valence-electron chi connectivity index (χ3n) is 2.75. The monoisotopic (exact) mass is 309 g/mol. The molecular formula is C13H15N3O4S. The topological polar surface area (TPSA) is 107 Å². The van der Waals surface area contributed by atoms with Gasteiger partial charge in [-0.05, 0) is 24.6 Å². The van der Waals surface area contributed by atoms with Crippen molar-refractivity contribution in [1.29, 1.82) is 0 Å². The minimum Gasteiger partial charge on any atom is -0.481 e. The molecule has 2 aromatic rings. The summed E-state index contributed by atoms with van der Waals surface area (Å²) < 4.78 is 6.57. The van der Waals surface area contributed by atoms with Crippen LogP contribution in [0.15, 0.2) is 23.4 Å². The highest BCUT2D eigenvalue weighted by atomic mass is 32.2. The largest absolute Gasteiger partial charge is 0.481 e. The first-order chi connectivity index (χ1) is 9.97. The van der Waals surface area contributed by atoms with E-state index in [9.17, 15) is 9.59 Å². The predicted molar refractivity (Wildman–Crippen MR) is 78.4 cm³/mol. The number of hydrogen-bond donors (Lipinski definition) is 2.